The second-order valence-corrected chi connectivity index (χ2v) is 8.27. The third-order valence-electron chi connectivity index (χ3n) is 4.60. The minimum atomic E-state index is -3.36. The first-order valence-corrected chi connectivity index (χ1v) is 9.80. The predicted molar refractivity (Wildman–Crippen MR) is 95.1 cm³/mol. The summed E-state index contributed by atoms with van der Waals surface area (Å²) in [7, 11) is -3.36. The van der Waals surface area contributed by atoms with Gasteiger partial charge in [0.25, 0.3) is 0 Å². The first-order valence-electron chi connectivity index (χ1n) is 8.19. The Bertz CT molecular complexity index is 789. The van der Waals surface area contributed by atoms with E-state index in [0.29, 0.717) is 6.54 Å². The highest BCUT2D eigenvalue weighted by atomic mass is 32.2. The van der Waals surface area contributed by atoms with Crippen molar-refractivity contribution in [3.63, 3.8) is 0 Å². The van der Waals surface area contributed by atoms with Gasteiger partial charge in [-0.15, -0.1) is 0 Å². The molecule has 0 radical (unpaired) electrons. The first kappa shape index (κ1) is 17.1. The zero-order valence-corrected chi connectivity index (χ0v) is 14.9. The van der Waals surface area contributed by atoms with Crippen LogP contribution in [-0.2, 0) is 21.3 Å². The molecule has 5 heteroatoms. The van der Waals surface area contributed by atoms with E-state index in [4.69, 9.17) is 4.74 Å². The van der Waals surface area contributed by atoms with Crippen LogP contribution in [0, 0.1) is 6.92 Å². The quantitative estimate of drug-likeness (QED) is 0.857. The highest BCUT2D eigenvalue weighted by molar-refractivity contribution is 7.89. The summed E-state index contributed by atoms with van der Waals surface area (Å²) in [4.78, 5) is 0. The number of hydrogen-bond donors (Lipinski definition) is 0. The van der Waals surface area contributed by atoms with E-state index >= 15 is 0 Å². The van der Waals surface area contributed by atoms with E-state index in [-0.39, 0.29) is 24.5 Å². The van der Waals surface area contributed by atoms with Crippen LogP contribution < -0.4 is 0 Å². The summed E-state index contributed by atoms with van der Waals surface area (Å²) in [6.45, 7) is 4.54. The van der Waals surface area contributed by atoms with Gasteiger partial charge in [-0.3, -0.25) is 0 Å². The molecule has 0 amide bonds. The topological polar surface area (TPSA) is 46.6 Å². The van der Waals surface area contributed by atoms with Gasteiger partial charge in [0.05, 0.1) is 24.5 Å². The lowest BCUT2D eigenvalue weighted by Crippen LogP contribution is -2.40. The smallest absolute Gasteiger partial charge is 0.217 e. The molecule has 24 heavy (non-hydrogen) atoms. The monoisotopic (exact) mass is 345 g/mol. The van der Waals surface area contributed by atoms with Gasteiger partial charge in [-0.25, -0.2) is 8.42 Å². The molecule has 0 saturated carbocycles. The Balaban J connectivity index is 1.95. The maximum absolute atomic E-state index is 12.8. The molecule has 2 aromatic carbocycles. The minimum Gasteiger partial charge on any atom is -0.371 e. The fraction of sp³-hybridized carbons (Fsp3) is 0.368. The first-order chi connectivity index (χ1) is 11.5. The molecule has 0 bridgehead atoms. The molecule has 0 aromatic heterocycles. The van der Waals surface area contributed by atoms with Crippen molar-refractivity contribution in [1.82, 2.24) is 4.31 Å². The lowest BCUT2D eigenvalue weighted by Gasteiger charge is -2.31. The van der Waals surface area contributed by atoms with Gasteiger partial charge < -0.3 is 4.74 Å². The van der Waals surface area contributed by atoms with Gasteiger partial charge >= 0.3 is 0 Å². The highest BCUT2D eigenvalue weighted by Gasteiger charge is 2.36. The van der Waals surface area contributed by atoms with Crippen LogP contribution in [0.1, 0.15) is 29.7 Å². The molecule has 0 spiro atoms. The van der Waals surface area contributed by atoms with Gasteiger partial charge in [-0.1, -0.05) is 54.6 Å². The normalized spacial score (nSPS) is 24.4. The average Bonchev–Trinajstić information content (AvgIpc) is 2.68. The van der Waals surface area contributed by atoms with E-state index in [2.05, 4.69) is 0 Å². The standard InChI is InChI=1S/C19H23NO3S/c1-15-8-6-7-11-18(15)14-20-16(2)19(17-9-4-3-5-10-17)23-12-13-24(20,21)22/h3-11,16,19H,12-14H2,1-2H3/t16-,19-/m1/s1. The number of aryl methyl sites for hydroxylation is 1. The van der Waals surface area contributed by atoms with Crippen LogP contribution in [0.25, 0.3) is 0 Å². The van der Waals surface area contributed by atoms with Crippen LogP contribution in [0.2, 0.25) is 0 Å². The number of rotatable bonds is 3. The fourth-order valence-electron chi connectivity index (χ4n) is 3.16. The Kier molecular flexibility index (Phi) is 5.04. The molecule has 2 aromatic rings. The molecule has 4 nitrogen and oxygen atoms in total. The summed E-state index contributed by atoms with van der Waals surface area (Å²) in [6, 6.07) is 17.5. The average molecular weight is 345 g/mol. The van der Waals surface area contributed by atoms with Crippen molar-refractivity contribution in [3.8, 4) is 0 Å². The molecule has 2 atom stereocenters. The van der Waals surface area contributed by atoms with E-state index in [1.807, 2.05) is 68.4 Å². The third-order valence-corrected chi connectivity index (χ3v) is 6.46. The summed E-state index contributed by atoms with van der Waals surface area (Å²) >= 11 is 0. The van der Waals surface area contributed by atoms with Gasteiger partial charge in [0.1, 0.15) is 0 Å². The third kappa shape index (κ3) is 3.53. The Morgan fingerprint density at radius 3 is 2.46 bits per heavy atom. The molecule has 0 unspecified atom stereocenters. The van der Waals surface area contributed by atoms with Crippen molar-refractivity contribution in [1.29, 1.82) is 0 Å². The molecule has 1 heterocycles. The maximum Gasteiger partial charge on any atom is 0.217 e. The van der Waals surface area contributed by atoms with Crippen LogP contribution in [0.5, 0.6) is 0 Å². The van der Waals surface area contributed by atoms with Crippen molar-refractivity contribution in [2.45, 2.75) is 32.5 Å². The van der Waals surface area contributed by atoms with E-state index in [1.54, 1.807) is 4.31 Å². The van der Waals surface area contributed by atoms with Gasteiger partial charge in [0.15, 0.2) is 0 Å². The van der Waals surface area contributed by atoms with Crippen LogP contribution in [0.3, 0.4) is 0 Å². The SMILES string of the molecule is Cc1ccccc1CN1[C@H](C)[C@H](c2ccccc2)OCCS1(=O)=O. The number of hydrogen-bond acceptors (Lipinski definition) is 3. The van der Waals surface area contributed by atoms with Gasteiger partial charge in [-0.2, -0.15) is 4.31 Å². The number of nitrogens with zero attached hydrogens (tertiary/aromatic N) is 1. The van der Waals surface area contributed by atoms with Crippen molar-refractivity contribution in [3.05, 3.63) is 71.3 Å². The summed E-state index contributed by atoms with van der Waals surface area (Å²) in [6.07, 6.45) is -0.257. The van der Waals surface area contributed by atoms with Crippen LogP contribution in [0.4, 0.5) is 0 Å². The maximum atomic E-state index is 12.8. The van der Waals surface area contributed by atoms with E-state index in [9.17, 15) is 8.42 Å². The summed E-state index contributed by atoms with van der Waals surface area (Å²) in [5.41, 5.74) is 3.14. The number of sulfonamides is 1. The largest absolute Gasteiger partial charge is 0.371 e. The molecule has 1 fully saturated rings. The minimum absolute atomic E-state index is 0.0204. The predicted octanol–water partition coefficient (Wildman–Crippen LogP) is 3.29. The Morgan fingerprint density at radius 1 is 1.08 bits per heavy atom. The molecule has 1 aliphatic heterocycles. The highest BCUT2D eigenvalue weighted by Crippen LogP contribution is 2.31. The lowest BCUT2D eigenvalue weighted by molar-refractivity contribution is 0.0268. The van der Waals surface area contributed by atoms with Crippen LogP contribution >= 0.6 is 0 Å². The van der Waals surface area contributed by atoms with Crippen LogP contribution in [-0.4, -0.2) is 31.1 Å². The molecule has 1 saturated heterocycles. The summed E-state index contributed by atoms with van der Waals surface area (Å²) < 4.78 is 33.0. The zero-order chi connectivity index (χ0) is 17.2. The van der Waals surface area contributed by atoms with Gasteiger partial charge in [-0.05, 0) is 30.5 Å². The van der Waals surface area contributed by atoms with Crippen molar-refractivity contribution in [2.24, 2.45) is 0 Å². The van der Waals surface area contributed by atoms with E-state index in [0.717, 1.165) is 16.7 Å². The second-order valence-electron chi connectivity index (χ2n) is 6.23. The second kappa shape index (κ2) is 7.05. The molecule has 128 valence electrons. The fourth-order valence-corrected chi connectivity index (χ4v) is 4.65. The molecule has 1 aliphatic rings. The van der Waals surface area contributed by atoms with Crippen molar-refractivity contribution < 1.29 is 13.2 Å². The summed E-state index contributed by atoms with van der Waals surface area (Å²) in [5.74, 6) is 0.0204. The van der Waals surface area contributed by atoms with Crippen LogP contribution in [0.15, 0.2) is 54.6 Å². The molecular weight excluding hydrogens is 322 g/mol. The van der Waals surface area contributed by atoms with Crippen molar-refractivity contribution in [2.75, 3.05) is 12.4 Å². The lowest BCUT2D eigenvalue weighted by atomic mass is 10.0. The molecule has 0 aliphatic carbocycles. The summed E-state index contributed by atoms with van der Waals surface area (Å²) in [5, 5.41) is 0. The number of ether oxygens (including phenoxy) is 1. The van der Waals surface area contributed by atoms with Crippen molar-refractivity contribution >= 4 is 10.0 Å². The molecule has 3 rings (SSSR count). The molecule has 0 N–H and O–H groups in total. The number of benzene rings is 2. The van der Waals surface area contributed by atoms with Gasteiger partial charge in [0, 0.05) is 6.54 Å². The Labute approximate surface area is 144 Å². The molecular formula is C19H23NO3S. The Hall–Kier alpha value is -1.69. The van der Waals surface area contributed by atoms with Gasteiger partial charge in [0.2, 0.25) is 10.0 Å². The Morgan fingerprint density at radius 2 is 1.75 bits per heavy atom. The van der Waals surface area contributed by atoms with E-state index < -0.39 is 10.0 Å². The van der Waals surface area contributed by atoms with E-state index in [1.165, 1.54) is 0 Å². The zero-order valence-electron chi connectivity index (χ0n) is 14.1.